The Labute approximate surface area is 98.4 Å². The zero-order valence-corrected chi connectivity index (χ0v) is 11.1. The first-order valence-electron chi connectivity index (χ1n) is 4.05. The van der Waals surface area contributed by atoms with Gasteiger partial charge in [0.25, 0.3) is 0 Å². The minimum atomic E-state index is -2.00. The Balaban J connectivity index is 2.90. The summed E-state index contributed by atoms with van der Waals surface area (Å²) in [4.78, 5) is 0. The van der Waals surface area contributed by atoms with E-state index in [2.05, 4.69) is 27.0 Å². The van der Waals surface area contributed by atoms with Crippen LogP contribution in [0.2, 0.25) is 0 Å². The minimum Gasteiger partial charge on any atom is -0.398 e. The number of benzene rings is 1. The second-order valence-corrected chi connectivity index (χ2v) is 7.11. The predicted molar refractivity (Wildman–Crippen MR) is 69.7 cm³/mol. The van der Waals surface area contributed by atoms with Crippen LogP contribution in [-0.2, 0) is 16.3 Å². The Morgan fingerprint density at radius 2 is 2.14 bits per heavy atom. The molecule has 0 saturated heterocycles. The van der Waals surface area contributed by atoms with Crippen molar-refractivity contribution in [1.29, 1.82) is 0 Å². The van der Waals surface area contributed by atoms with Gasteiger partial charge in [0.05, 0.1) is 6.54 Å². The van der Waals surface area contributed by atoms with Gasteiger partial charge in [-0.25, -0.2) is 4.36 Å². The maximum atomic E-state index is 11.3. The fraction of sp³-hybridized carbons (Fsp3) is 0.333. The molecule has 3 nitrogen and oxygen atoms in total. The van der Waals surface area contributed by atoms with Crippen LogP contribution < -0.4 is 5.73 Å². The fourth-order valence-corrected chi connectivity index (χ4v) is 1.94. The maximum Gasteiger partial charge on any atom is 0.0734 e. The molecule has 1 aromatic carbocycles. The molecule has 5 heteroatoms. The highest BCUT2D eigenvalue weighted by Crippen LogP contribution is 2.16. The van der Waals surface area contributed by atoms with Gasteiger partial charge in [-0.05, 0) is 40.3 Å². The summed E-state index contributed by atoms with van der Waals surface area (Å²) in [6.45, 7) is 0.488. The van der Waals surface area contributed by atoms with Crippen LogP contribution in [0, 0.1) is 3.57 Å². The molecule has 1 aromatic rings. The summed E-state index contributed by atoms with van der Waals surface area (Å²) >= 11 is 2.17. The average Bonchev–Trinajstić information content (AvgIpc) is 2.06. The van der Waals surface area contributed by atoms with Gasteiger partial charge in [0.2, 0.25) is 0 Å². The van der Waals surface area contributed by atoms with Crippen LogP contribution in [0.3, 0.4) is 0 Å². The number of halogens is 1. The SMILES string of the molecule is CS(C)(=O)=NCc1ccc(N)c(I)c1. The Morgan fingerprint density at radius 3 is 2.64 bits per heavy atom. The average molecular weight is 324 g/mol. The van der Waals surface area contributed by atoms with Crippen LogP contribution in [0.4, 0.5) is 5.69 Å². The van der Waals surface area contributed by atoms with Crippen LogP contribution in [0.1, 0.15) is 5.56 Å². The normalized spacial score (nSPS) is 11.4. The van der Waals surface area contributed by atoms with E-state index in [1.807, 2.05) is 18.2 Å². The molecule has 0 aliphatic carbocycles. The van der Waals surface area contributed by atoms with E-state index < -0.39 is 9.73 Å². The van der Waals surface area contributed by atoms with Crippen molar-refractivity contribution in [3.63, 3.8) is 0 Å². The zero-order chi connectivity index (χ0) is 10.8. The van der Waals surface area contributed by atoms with E-state index in [0.29, 0.717) is 6.54 Å². The lowest BCUT2D eigenvalue weighted by Gasteiger charge is -2.01. The molecule has 0 aliphatic rings. The van der Waals surface area contributed by atoms with E-state index in [-0.39, 0.29) is 0 Å². The third kappa shape index (κ3) is 3.83. The van der Waals surface area contributed by atoms with Gasteiger partial charge in [-0.1, -0.05) is 6.07 Å². The maximum absolute atomic E-state index is 11.3. The summed E-state index contributed by atoms with van der Waals surface area (Å²) in [5.41, 5.74) is 7.48. The summed E-state index contributed by atoms with van der Waals surface area (Å²) in [6, 6.07) is 5.72. The second-order valence-electron chi connectivity index (χ2n) is 3.32. The van der Waals surface area contributed by atoms with Crippen molar-refractivity contribution in [2.24, 2.45) is 4.36 Å². The van der Waals surface area contributed by atoms with Crippen molar-refractivity contribution in [2.75, 3.05) is 18.2 Å². The molecule has 0 heterocycles. The highest BCUT2D eigenvalue weighted by molar-refractivity contribution is 14.1. The Kier molecular flexibility index (Phi) is 3.77. The van der Waals surface area contributed by atoms with Crippen molar-refractivity contribution >= 4 is 38.0 Å². The van der Waals surface area contributed by atoms with Crippen LogP contribution in [0.25, 0.3) is 0 Å². The van der Waals surface area contributed by atoms with Gasteiger partial charge in [-0.15, -0.1) is 0 Å². The van der Waals surface area contributed by atoms with Crippen LogP contribution in [-0.4, -0.2) is 16.7 Å². The first-order chi connectivity index (χ1) is 6.38. The van der Waals surface area contributed by atoms with Crippen molar-refractivity contribution in [1.82, 2.24) is 0 Å². The third-order valence-electron chi connectivity index (χ3n) is 1.62. The van der Waals surface area contributed by atoms with Gasteiger partial charge in [0.1, 0.15) is 0 Å². The molecule has 0 unspecified atom stereocenters. The van der Waals surface area contributed by atoms with E-state index >= 15 is 0 Å². The number of rotatable bonds is 2. The molecular formula is C9H13IN2OS. The molecule has 0 aliphatic heterocycles. The lowest BCUT2D eigenvalue weighted by atomic mass is 10.2. The Morgan fingerprint density at radius 1 is 1.50 bits per heavy atom. The molecule has 1 rings (SSSR count). The topological polar surface area (TPSA) is 55.5 Å². The number of nitrogens with two attached hydrogens (primary N) is 1. The summed E-state index contributed by atoms with van der Waals surface area (Å²) < 4.78 is 16.4. The standard InChI is InChI=1S/C9H13IN2OS/c1-14(2,13)12-6-7-3-4-9(11)8(10)5-7/h3-5H,6,11H2,1-2H3. The van der Waals surface area contributed by atoms with Crippen molar-refractivity contribution in [3.8, 4) is 0 Å². The molecular weight excluding hydrogens is 311 g/mol. The summed E-state index contributed by atoms with van der Waals surface area (Å²) in [6.07, 6.45) is 3.27. The highest BCUT2D eigenvalue weighted by atomic mass is 127. The number of nitrogens with zero attached hydrogens (tertiary/aromatic N) is 1. The first-order valence-corrected chi connectivity index (χ1v) is 7.46. The van der Waals surface area contributed by atoms with E-state index in [1.165, 1.54) is 0 Å². The lowest BCUT2D eigenvalue weighted by Crippen LogP contribution is -1.94. The van der Waals surface area contributed by atoms with Gasteiger partial charge in [-0.3, -0.25) is 4.21 Å². The van der Waals surface area contributed by atoms with Crippen LogP contribution >= 0.6 is 22.6 Å². The molecule has 0 atom stereocenters. The molecule has 0 bridgehead atoms. The molecule has 0 spiro atoms. The molecule has 0 saturated carbocycles. The molecule has 2 N–H and O–H groups in total. The Hall–Kier alpha value is -0.300. The van der Waals surface area contributed by atoms with E-state index in [0.717, 1.165) is 14.8 Å². The number of hydrogen-bond donors (Lipinski definition) is 1. The summed E-state index contributed by atoms with van der Waals surface area (Å²) in [5.74, 6) is 0. The number of nitrogen functional groups attached to an aromatic ring is 1. The van der Waals surface area contributed by atoms with Crippen molar-refractivity contribution in [3.05, 3.63) is 27.3 Å². The van der Waals surface area contributed by atoms with Gasteiger partial charge in [0, 0.05) is 31.5 Å². The molecule has 78 valence electrons. The van der Waals surface area contributed by atoms with Crippen LogP contribution in [0.15, 0.2) is 22.6 Å². The number of anilines is 1. The van der Waals surface area contributed by atoms with Gasteiger partial charge in [0.15, 0.2) is 0 Å². The summed E-state index contributed by atoms with van der Waals surface area (Å²) in [5, 5.41) is 0. The quantitative estimate of drug-likeness (QED) is 0.669. The fourth-order valence-electron chi connectivity index (χ4n) is 0.899. The second kappa shape index (κ2) is 4.48. The molecule has 14 heavy (non-hydrogen) atoms. The largest absolute Gasteiger partial charge is 0.398 e. The van der Waals surface area contributed by atoms with E-state index in [9.17, 15) is 4.21 Å². The monoisotopic (exact) mass is 324 g/mol. The Bertz CT molecular complexity index is 442. The van der Waals surface area contributed by atoms with Crippen molar-refractivity contribution < 1.29 is 4.21 Å². The van der Waals surface area contributed by atoms with E-state index in [1.54, 1.807) is 12.5 Å². The van der Waals surface area contributed by atoms with Crippen LogP contribution in [0.5, 0.6) is 0 Å². The smallest absolute Gasteiger partial charge is 0.0734 e. The minimum absolute atomic E-state index is 0.488. The first kappa shape index (κ1) is 11.8. The third-order valence-corrected chi connectivity index (χ3v) is 3.31. The zero-order valence-electron chi connectivity index (χ0n) is 8.16. The van der Waals surface area contributed by atoms with E-state index in [4.69, 9.17) is 5.73 Å². The molecule has 0 amide bonds. The lowest BCUT2D eigenvalue weighted by molar-refractivity contribution is 0.682. The highest BCUT2D eigenvalue weighted by Gasteiger charge is 1.98. The number of hydrogen-bond acceptors (Lipinski definition) is 3. The molecule has 0 aromatic heterocycles. The molecule has 0 radical (unpaired) electrons. The van der Waals surface area contributed by atoms with Gasteiger partial charge in [-0.2, -0.15) is 0 Å². The summed E-state index contributed by atoms with van der Waals surface area (Å²) in [7, 11) is -2.00. The van der Waals surface area contributed by atoms with Crippen molar-refractivity contribution in [2.45, 2.75) is 6.54 Å². The predicted octanol–water partition coefficient (Wildman–Crippen LogP) is 2.10. The molecule has 0 fully saturated rings. The van der Waals surface area contributed by atoms with Gasteiger partial charge < -0.3 is 5.73 Å². The van der Waals surface area contributed by atoms with Gasteiger partial charge >= 0.3 is 0 Å².